The fourth-order valence-corrected chi connectivity index (χ4v) is 1.84. The maximum Gasteiger partial charge on any atom is 0.224 e. The average molecular weight is 221 g/mol. The highest BCUT2D eigenvalue weighted by atomic mass is 15.1. The fourth-order valence-electron chi connectivity index (χ4n) is 1.84. The van der Waals surface area contributed by atoms with Crippen molar-refractivity contribution in [3.8, 4) is 0 Å². The zero-order valence-corrected chi connectivity index (χ0v) is 9.93. The van der Waals surface area contributed by atoms with Crippen molar-refractivity contribution >= 4 is 11.8 Å². The summed E-state index contributed by atoms with van der Waals surface area (Å²) in [7, 11) is 1.85. The van der Waals surface area contributed by atoms with Gasteiger partial charge < -0.3 is 16.0 Å². The minimum absolute atomic E-state index is 0.708. The molecule has 88 valence electrons. The van der Waals surface area contributed by atoms with Crippen molar-refractivity contribution in [1.82, 2.24) is 15.3 Å². The molecule has 2 rings (SSSR count). The van der Waals surface area contributed by atoms with E-state index in [1.54, 1.807) is 0 Å². The molecule has 0 fully saturated rings. The molecule has 0 atom stereocenters. The number of aromatic nitrogens is 2. The van der Waals surface area contributed by atoms with E-state index in [1.165, 1.54) is 5.56 Å². The van der Waals surface area contributed by atoms with Gasteiger partial charge in [0.05, 0.1) is 5.69 Å². The number of nitrogens with zero attached hydrogens (tertiary/aromatic N) is 2. The van der Waals surface area contributed by atoms with E-state index in [2.05, 4.69) is 32.8 Å². The Labute approximate surface area is 96.1 Å². The number of hydrogen-bond donors (Lipinski definition) is 3. The molecule has 1 aromatic rings. The van der Waals surface area contributed by atoms with Crippen molar-refractivity contribution in [3.63, 3.8) is 0 Å². The summed E-state index contributed by atoms with van der Waals surface area (Å²) in [6, 6.07) is 0. The average Bonchev–Trinajstić information content (AvgIpc) is 2.35. The topological polar surface area (TPSA) is 61.9 Å². The molecule has 0 saturated carbocycles. The van der Waals surface area contributed by atoms with Crippen LogP contribution in [0.1, 0.15) is 24.6 Å². The summed E-state index contributed by atoms with van der Waals surface area (Å²) in [6.45, 7) is 4.97. The van der Waals surface area contributed by atoms with E-state index < -0.39 is 0 Å². The van der Waals surface area contributed by atoms with Gasteiger partial charge in [-0.05, 0) is 6.42 Å². The van der Waals surface area contributed by atoms with Crippen molar-refractivity contribution < 1.29 is 0 Å². The molecule has 5 nitrogen and oxygen atoms in total. The summed E-state index contributed by atoms with van der Waals surface area (Å²) in [6.07, 6.45) is 2.08. The summed E-state index contributed by atoms with van der Waals surface area (Å²) in [5.41, 5.74) is 2.38. The largest absolute Gasteiger partial charge is 0.370 e. The second-order valence-electron chi connectivity index (χ2n) is 3.92. The molecule has 1 aliphatic heterocycles. The van der Waals surface area contributed by atoms with Crippen LogP contribution in [0.4, 0.5) is 11.8 Å². The van der Waals surface area contributed by atoms with Crippen LogP contribution in [0.3, 0.4) is 0 Å². The van der Waals surface area contributed by atoms with Gasteiger partial charge >= 0.3 is 0 Å². The molecule has 16 heavy (non-hydrogen) atoms. The first-order valence-electron chi connectivity index (χ1n) is 5.87. The summed E-state index contributed by atoms with van der Waals surface area (Å²) in [5.74, 6) is 1.68. The molecule has 0 amide bonds. The molecule has 0 spiro atoms. The Balaban J connectivity index is 2.31. The molecule has 0 saturated heterocycles. The second kappa shape index (κ2) is 5.12. The molecule has 1 aliphatic rings. The highest BCUT2D eigenvalue weighted by Gasteiger charge is 2.16. The third-order valence-corrected chi connectivity index (χ3v) is 2.70. The quantitative estimate of drug-likeness (QED) is 0.707. The molecule has 1 aromatic heterocycles. The van der Waals surface area contributed by atoms with Crippen molar-refractivity contribution in [1.29, 1.82) is 0 Å². The number of nitrogens with one attached hydrogen (secondary N) is 3. The maximum absolute atomic E-state index is 4.50. The number of rotatable bonds is 4. The Hall–Kier alpha value is -1.36. The Morgan fingerprint density at radius 1 is 1.38 bits per heavy atom. The standard InChI is InChI=1S/C11H19N5/c1-3-5-14-10-8-7-13-6-4-9(8)15-11(12-2)16-10/h13H,3-7H2,1-2H3,(H2,12,14,15,16). The molecule has 0 aliphatic carbocycles. The van der Waals surface area contributed by atoms with Crippen LogP contribution in [-0.4, -0.2) is 30.1 Å². The smallest absolute Gasteiger partial charge is 0.224 e. The first kappa shape index (κ1) is 11.1. The first-order valence-corrected chi connectivity index (χ1v) is 5.87. The third-order valence-electron chi connectivity index (χ3n) is 2.70. The second-order valence-corrected chi connectivity index (χ2v) is 3.92. The Kier molecular flexibility index (Phi) is 3.56. The van der Waals surface area contributed by atoms with Gasteiger partial charge in [0.1, 0.15) is 5.82 Å². The molecule has 5 heteroatoms. The van der Waals surface area contributed by atoms with Gasteiger partial charge in [-0.15, -0.1) is 0 Å². The molecule has 0 radical (unpaired) electrons. The van der Waals surface area contributed by atoms with Gasteiger partial charge in [0.25, 0.3) is 0 Å². The molecule has 0 unspecified atom stereocenters. The van der Waals surface area contributed by atoms with E-state index in [0.29, 0.717) is 5.95 Å². The Morgan fingerprint density at radius 3 is 3.00 bits per heavy atom. The van der Waals surface area contributed by atoms with Gasteiger partial charge in [-0.25, -0.2) is 4.98 Å². The number of anilines is 2. The minimum atomic E-state index is 0.708. The third kappa shape index (κ3) is 2.24. The van der Waals surface area contributed by atoms with Crippen molar-refractivity contribution in [2.24, 2.45) is 0 Å². The maximum atomic E-state index is 4.50. The van der Waals surface area contributed by atoms with Crippen LogP contribution in [-0.2, 0) is 13.0 Å². The minimum Gasteiger partial charge on any atom is -0.370 e. The summed E-state index contributed by atoms with van der Waals surface area (Å²) in [4.78, 5) is 8.97. The predicted molar refractivity (Wildman–Crippen MR) is 65.8 cm³/mol. The van der Waals surface area contributed by atoms with Gasteiger partial charge in [0.2, 0.25) is 5.95 Å². The SMILES string of the molecule is CCCNc1nc(NC)nc2c1CNCC2. The normalized spacial score (nSPS) is 14.4. The van der Waals surface area contributed by atoms with E-state index in [0.717, 1.165) is 44.0 Å². The number of fused-ring (bicyclic) bond motifs is 1. The van der Waals surface area contributed by atoms with Crippen molar-refractivity contribution in [3.05, 3.63) is 11.3 Å². The lowest BCUT2D eigenvalue weighted by Crippen LogP contribution is -2.27. The lowest BCUT2D eigenvalue weighted by atomic mass is 10.1. The van der Waals surface area contributed by atoms with E-state index >= 15 is 0 Å². The van der Waals surface area contributed by atoms with Crippen molar-refractivity contribution in [2.75, 3.05) is 30.8 Å². The van der Waals surface area contributed by atoms with E-state index in [-0.39, 0.29) is 0 Å². The van der Waals surface area contributed by atoms with Crippen LogP contribution in [0.25, 0.3) is 0 Å². The Bertz CT molecular complexity index is 364. The zero-order chi connectivity index (χ0) is 11.4. The highest BCUT2D eigenvalue weighted by Crippen LogP contribution is 2.21. The molecular weight excluding hydrogens is 202 g/mol. The van der Waals surface area contributed by atoms with Crippen molar-refractivity contribution in [2.45, 2.75) is 26.3 Å². The van der Waals surface area contributed by atoms with E-state index in [1.807, 2.05) is 7.05 Å². The van der Waals surface area contributed by atoms with Crippen LogP contribution in [0.15, 0.2) is 0 Å². The first-order chi connectivity index (χ1) is 7.85. The van der Waals surface area contributed by atoms with Gasteiger partial charge in [-0.1, -0.05) is 6.92 Å². The van der Waals surface area contributed by atoms with Crippen LogP contribution in [0.5, 0.6) is 0 Å². The van der Waals surface area contributed by atoms with Gasteiger partial charge in [-0.3, -0.25) is 0 Å². The van der Waals surface area contributed by atoms with Crippen LogP contribution in [0.2, 0.25) is 0 Å². The van der Waals surface area contributed by atoms with Crippen LogP contribution in [0, 0.1) is 0 Å². The summed E-state index contributed by atoms with van der Waals surface area (Å²) in [5, 5.41) is 9.73. The fraction of sp³-hybridized carbons (Fsp3) is 0.636. The lowest BCUT2D eigenvalue weighted by molar-refractivity contribution is 0.628. The Morgan fingerprint density at radius 2 is 2.25 bits per heavy atom. The highest BCUT2D eigenvalue weighted by molar-refractivity contribution is 5.51. The molecular formula is C11H19N5. The lowest BCUT2D eigenvalue weighted by Gasteiger charge is -2.20. The van der Waals surface area contributed by atoms with Crippen LogP contribution < -0.4 is 16.0 Å². The number of hydrogen-bond acceptors (Lipinski definition) is 5. The predicted octanol–water partition coefficient (Wildman–Crippen LogP) is 0.986. The monoisotopic (exact) mass is 221 g/mol. The molecule has 3 N–H and O–H groups in total. The summed E-state index contributed by atoms with van der Waals surface area (Å²) >= 11 is 0. The van der Waals surface area contributed by atoms with Gasteiger partial charge in [-0.2, -0.15) is 4.98 Å². The van der Waals surface area contributed by atoms with E-state index in [4.69, 9.17) is 0 Å². The molecule has 0 bridgehead atoms. The van der Waals surface area contributed by atoms with E-state index in [9.17, 15) is 0 Å². The van der Waals surface area contributed by atoms with Gasteiger partial charge in [0.15, 0.2) is 0 Å². The molecule has 2 heterocycles. The summed E-state index contributed by atoms with van der Waals surface area (Å²) < 4.78 is 0. The van der Waals surface area contributed by atoms with Crippen LogP contribution >= 0.6 is 0 Å². The zero-order valence-electron chi connectivity index (χ0n) is 9.93. The van der Waals surface area contributed by atoms with Gasteiger partial charge in [0, 0.05) is 38.7 Å². The molecule has 0 aromatic carbocycles.